The lowest BCUT2D eigenvalue weighted by Gasteiger charge is -2.23. The Hall–Kier alpha value is -1.79. The van der Waals surface area contributed by atoms with Gasteiger partial charge in [-0.15, -0.1) is 12.4 Å². The molecule has 2 aromatic rings. The lowest BCUT2D eigenvalue weighted by molar-refractivity contribution is -0.118. The summed E-state index contributed by atoms with van der Waals surface area (Å²) in [6.07, 6.45) is 3.15. The summed E-state index contributed by atoms with van der Waals surface area (Å²) in [7, 11) is 1.66. The molecule has 7 heteroatoms. The molecule has 124 valence electrons. The standard InChI is InChI=1S/C16H19N3O3.ClH/c1-19-12-3-2-10(8-13(12)22-15(19)21)18-14(20)11-9-16(11)4-6-17-7-5-16;/h2-3,8,11,17H,4-7,9H2,1H3,(H,18,20);1H. The maximum Gasteiger partial charge on any atom is 0.419 e. The highest BCUT2D eigenvalue weighted by atomic mass is 35.5. The lowest BCUT2D eigenvalue weighted by Crippen LogP contribution is -2.31. The van der Waals surface area contributed by atoms with Crippen LogP contribution in [0.4, 0.5) is 5.69 Å². The van der Waals surface area contributed by atoms with E-state index in [9.17, 15) is 9.59 Å². The van der Waals surface area contributed by atoms with Crippen molar-refractivity contribution in [1.29, 1.82) is 0 Å². The molecule has 1 spiro atoms. The topological polar surface area (TPSA) is 76.3 Å². The van der Waals surface area contributed by atoms with Crippen LogP contribution in [-0.4, -0.2) is 23.6 Å². The third-order valence-electron chi connectivity index (χ3n) is 5.17. The fraction of sp³-hybridized carbons (Fsp3) is 0.500. The van der Waals surface area contributed by atoms with Crippen LogP contribution in [0, 0.1) is 11.3 Å². The summed E-state index contributed by atoms with van der Waals surface area (Å²) in [6, 6.07) is 5.32. The van der Waals surface area contributed by atoms with Gasteiger partial charge in [0.05, 0.1) is 5.52 Å². The number of aryl methyl sites for hydroxylation is 1. The molecular formula is C16H20ClN3O3. The maximum atomic E-state index is 12.4. The van der Waals surface area contributed by atoms with Crippen LogP contribution in [0.5, 0.6) is 0 Å². The Morgan fingerprint density at radius 3 is 2.87 bits per heavy atom. The second kappa shape index (κ2) is 5.69. The van der Waals surface area contributed by atoms with Gasteiger partial charge in [-0.3, -0.25) is 9.36 Å². The number of hydrogen-bond donors (Lipinski definition) is 2. The van der Waals surface area contributed by atoms with Crippen LogP contribution in [0.25, 0.3) is 11.1 Å². The van der Waals surface area contributed by atoms with E-state index < -0.39 is 5.76 Å². The molecule has 23 heavy (non-hydrogen) atoms. The number of aromatic nitrogens is 1. The van der Waals surface area contributed by atoms with Gasteiger partial charge in [0.1, 0.15) is 0 Å². The number of halogens is 1. The van der Waals surface area contributed by atoms with Crippen LogP contribution in [0.2, 0.25) is 0 Å². The zero-order valence-electron chi connectivity index (χ0n) is 12.9. The quantitative estimate of drug-likeness (QED) is 0.877. The molecule has 1 aromatic carbocycles. The molecule has 1 unspecified atom stereocenters. The van der Waals surface area contributed by atoms with Crippen molar-refractivity contribution < 1.29 is 9.21 Å². The van der Waals surface area contributed by atoms with Crippen molar-refractivity contribution in [2.24, 2.45) is 18.4 Å². The Balaban J connectivity index is 0.00000156. The Morgan fingerprint density at radius 1 is 1.39 bits per heavy atom. The minimum Gasteiger partial charge on any atom is -0.408 e. The molecule has 2 heterocycles. The molecule has 1 saturated carbocycles. The maximum absolute atomic E-state index is 12.4. The highest BCUT2D eigenvalue weighted by Gasteiger charge is 2.57. The highest BCUT2D eigenvalue weighted by molar-refractivity contribution is 5.96. The first kappa shape index (κ1) is 16.1. The summed E-state index contributed by atoms with van der Waals surface area (Å²) in [5.41, 5.74) is 2.13. The molecule has 1 aliphatic carbocycles. The average Bonchev–Trinajstić information content (AvgIpc) is 3.12. The number of carbonyl (C=O) groups excluding carboxylic acids is 1. The predicted octanol–water partition coefficient (Wildman–Crippen LogP) is 1.88. The van der Waals surface area contributed by atoms with Gasteiger partial charge in [-0.2, -0.15) is 0 Å². The number of oxazole rings is 1. The zero-order chi connectivity index (χ0) is 15.3. The summed E-state index contributed by atoms with van der Waals surface area (Å²) in [6.45, 7) is 2.01. The third kappa shape index (κ3) is 2.66. The third-order valence-corrected chi connectivity index (χ3v) is 5.17. The summed E-state index contributed by atoms with van der Waals surface area (Å²) in [5, 5.41) is 6.31. The van der Waals surface area contributed by atoms with E-state index in [1.165, 1.54) is 4.57 Å². The number of anilines is 1. The number of nitrogens with one attached hydrogen (secondary N) is 2. The van der Waals surface area contributed by atoms with E-state index in [2.05, 4.69) is 10.6 Å². The number of rotatable bonds is 2. The van der Waals surface area contributed by atoms with Gasteiger partial charge in [0.25, 0.3) is 0 Å². The summed E-state index contributed by atoms with van der Waals surface area (Å²) < 4.78 is 6.60. The average molecular weight is 338 g/mol. The van der Waals surface area contributed by atoms with Gasteiger partial charge in [-0.25, -0.2) is 4.79 Å². The van der Waals surface area contributed by atoms with Crippen molar-refractivity contribution in [3.05, 3.63) is 28.7 Å². The summed E-state index contributed by atoms with van der Waals surface area (Å²) in [5.74, 6) is -0.193. The Bertz CT molecular complexity index is 804. The van der Waals surface area contributed by atoms with Gasteiger partial charge in [0.2, 0.25) is 5.91 Å². The monoisotopic (exact) mass is 337 g/mol. The number of carbonyl (C=O) groups is 1. The Kier molecular flexibility index (Phi) is 3.98. The van der Waals surface area contributed by atoms with Gasteiger partial charge in [-0.05, 0) is 49.9 Å². The van der Waals surface area contributed by atoms with Crippen molar-refractivity contribution in [3.63, 3.8) is 0 Å². The van der Waals surface area contributed by atoms with E-state index in [1.54, 1.807) is 19.2 Å². The molecule has 2 aliphatic rings. The predicted molar refractivity (Wildman–Crippen MR) is 90.0 cm³/mol. The molecule has 1 aliphatic heterocycles. The van der Waals surface area contributed by atoms with Crippen molar-refractivity contribution in [1.82, 2.24) is 9.88 Å². The molecule has 1 saturated heterocycles. The molecule has 0 bridgehead atoms. The van der Waals surface area contributed by atoms with Crippen LogP contribution >= 0.6 is 12.4 Å². The Labute approximate surface area is 139 Å². The highest BCUT2D eigenvalue weighted by Crippen LogP contribution is 2.58. The van der Waals surface area contributed by atoms with Crippen molar-refractivity contribution in [3.8, 4) is 0 Å². The van der Waals surface area contributed by atoms with Crippen LogP contribution in [0.1, 0.15) is 19.3 Å². The second-order valence-electron chi connectivity index (χ2n) is 6.47. The van der Waals surface area contributed by atoms with E-state index in [4.69, 9.17) is 4.42 Å². The van der Waals surface area contributed by atoms with Gasteiger partial charge in [0, 0.05) is 24.7 Å². The second-order valence-corrected chi connectivity index (χ2v) is 6.47. The van der Waals surface area contributed by atoms with Gasteiger partial charge in [0.15, 0.2) is 5.58 Å². The van der Waals surface area contributed by atoms with E-state index >= 15 is 0 Å². The van der Waals surface area contributed by atoms with Crippen LogP contribution < -0.4 is 16.4 Å². The first-order valence-corrected chi connectivity index (χ1v) is 7.70. The summed E-state index contributed by atoms with van der Waals surface area (Å²) in [4.78, 5) is 23.9. The minimum atomic E-state index is -0.394. The van der Waals surface area contributed by atoms with E-state index in [1.807, 2.05) is 6.07 Å². The fourth-order valence-corrected chi connectivity index (χ4v) is 3.64. The number of benzene rings is 1. The molecule has 1 aromatic heterocycles. The van der Waals surface area contributed by atoms with E-state index in [0.29, 0.717) is 11.3 Å². The summed E-state index contributed by atoms with van der Waals surface area (Å²) >= 11 is 0. The first-order chi connectivity index (χ1) is 10.6. The van der Waals surface area contributed by atoms with Crippen molar-refractivity contribution >= 4 is 35.1 Å². The number of nitrogens with zero attached hydrogens (tertiary/aromatic N) is 1. The first-order valence-electron chi connectivity index (χ1n) is 7.70. The number of fused-ring (bicyclic) bond motifs is 1. The van der Waals surface area contributed by atoms with Crippen LogP contribution in [0.3, 0.4) is 0 Å². The number of piperidine rings is 1. The molecule has 2 fully saturated rings. The van der Waals surface area contributed by atoms with Crippen molar-refractivity contribution in [2.45, 2.75) is 19.3 Å². The normalized spacial score (nSPS) is 21.9. The number of amides is 1. The van der Waals surface area contributed by atoms with E-state index in [-0.39, 0.29) is 29.6 Å². The molecule has 2 N–H and O–H groups in total. The molecule has 6 nitrogen and oxygen atoms in total. The smallest absolute Gasteiger partial charge is 0.408 e. The van der Waals surface area contributed by atoms with Gasteiger partial charge in [-0.1, -0.05) is 0 Å². The molecule has 4 rings (SSSR count). The minimum absolute atomic E-state index is 0. The lowest BCUT2D eigenvalue weighted by atomic mass is 9.92. The fourth-order valence-electron chi connectivity index (χ4n) is 3.64. The largest absolute Gasteiger partial charge is 0.419 e. The molecular weight excluding hydrogens is 318 g/mol. The Morgan fingerprint density at radius 2 is 2.13 bits per heavy atom. The van der Waals surface area contributed by atoms with Crippen LogP contribution in [0.15, 0.2) is 27.4 Å². The van der Waals surface area contributed by atoms with Crippen LogP contribution in [-0.2, 0) is 11.8 Å². The van der Waals surface area contributed by atoms with Gasteiger partial charge < -0.3 is 15.1 Å². The molecule has 1 amide bonds. The zero-order valence-corrected chi connectivity index (χ0v) is 13.7. The van der Waals surface area contributed by atoms with E-state index in [0.717, 1.165) is 37.9 Å². The molecule has 1 atom stereocenters. The molecule has 0 radical (unpaired) electrons. The number of hydrogen-bond acceptors (Lipinski definition) is 4. The van der Waals surface area contributed by atoms with Crippen molar-refractivity contribution in [2.75, 3.05) is 18.4 Å². The SMILES string of the molecule is Cl.Cn1c(=O)oc2cc(NC(=O)C3CC34CCNCC4)ccc21. The van der Waals surface area contributed by atoms with Gasteiger partial charge >= 0.3 is 5.76 Å².